The van der Waals surface area contributed by atoms with E-state index in [1.165, 1.54) is 0 Å². The zero-order valence-electron chi connectivity index (χ0n) is 17.1. The Bertz CT molecular complexity index is 1430. The minimum absolute atomic E-state index is 0.0345. The van der Waals surface area contributed by atoms with Crippen LogP contribution in [0.5, 0.6) is 0 Å². The third-order valence-corrected chi connectivity index (χ3v) is 5.07. The van der Waals surface area contributed by atoms with Crippen LogP contribution >= 0.6 is 0 Å². The quantitative estimate of drug-likeness (QED) is 0.455. The minimum atomic E-state index is -0.209. The molecule has 0 unspecified atom stereocenters. The highest BCUT2D eigenvalue weighted by Crippen LogP contribution is 2.24. The lowest BCUT2D eigenvalue weighted by molar-refractivity contribution is -0.116. The number of imidazole rings is 1. The van der Waals surface area contributed by atoms with Crippen molar-refractivity contribution in [3.63, 3.8) is 0 Å². The molecule has 4 aromatic heterocycles. The largest absolute Gasteiger partial charge is 0.368 e. The fraction of sp³-hybridized carbons (Fsp3) is 0.190. The second kappa shape index (κ2) is 7.24. The van der Waals surface area contributed by atoms with Gasteiger partial charge < -0.3 is 15.6 Å². The van der Waals surface area contributed by atoms with Gasteiger partial charge in [0.1, 0.15) is 12.4 Å². The standard InChI is InChI=1S/C21H21N9O/c1-3-30-16(10-13(2)27-30)24-17(31)11-28-12-23-18-19(28)25-21(22)26-20(18)29-9-8-14-6-4-5-7-15(14)29/h4-10,12H,3,11H2,1-2H3,(H,24,31)(H2,22,25,26). The summed E-state index contributed by atoms with van der Waals surface area (Å²) in [6.45, 7) is 4.55. The number of hydrogen-bond donors (Lipinski definition) is 2. The van der Waals surface area contributed by atoms with Crippen LogP contribution < -0.4 is 11.1 Å². The second-order valence-electron chi connectivity index (χ2n) is 7.23. The number of aryl methyl sites for hydroxylation is 2. The van der Waals surface area contributed by atoms with E-state index >= 15 is 0 Å². The van der Waals surface area contributed by atoms with E-state index in [-0.39, 0.29) is 18.4 Å². The second-order valence-corrected chi connectivity index (χ2v) is 7.23. The molecule has 10 heteroatoms. The third-order valence-electron chi connectivity index (χ3n) is 5.07. The molecule has 0 saturated heterocycles. The van der Waals surface area contributed by atoms with Crippen LogP contribution in [-0.4, -0.2) is 39.8 Å². The van der Waals surface area contributed by atoms with Gasteiger partial charge in [-0.1, -0.05) is 18.2 Å². The molecule has 0 aliphatic heterocycles. The van der Waals surface area contributed by atoms with Crippen molar-refractivity contribution in [1.29, 1.82) is 0 Å². The summed E-state index contributed by atoms with van der Waals surface area (Å²) in [6.07, 6.45) is 3.50. The van der Waals surface area contributed by atoms with Crippen LogP contribution in [0.15, 0.2) is 48.9 Å². The van der Waals surface area contributed by atoms with Crippen LogP contribution in [0.25, 0.3) is 27.9 Å². The summed E-state index contributed by atoms with van der Waals surface area (Å²) in [6, 6.07) is 11.8. The molecule has 0 fully saturated rings. The van der Waals surface area contributed by atoms with Gasteiger partial charge >= 0.3 is 0 Å². The van der Waals surface area contributed by atoms with E-state index in [9.17, 15) is 4.79 Å². The van der Waals surface area contributed by atoms with Crippen molar-refractivity contribution in [3.05, 3.63) is 54.6 Å². The Morgan fingerprint density at radius 2 is 2.03 bits per heavy atom. The zero-order chi connectivity index (χ0) is 21.5. The van der Waals surface area contributed by atoms with Gasteiger partial charge in [0.15, 0.2) is 17.0 Å². The zero-order valence-corrected chi connectivity index (χ0v) is 17.1. The van der Waals surface area contributed by atoms with Crippen molar-refractivity contribution < 1.29 is 4.79 Å². The topological polar surface area (TPSA) is 121 Å². The van der Waals surface area contributed by atoms with Gasteiger partial charge in [-0.25, -0.2) is 9.67 Å². The number of amides is 1. The molecule has 0 bridgehead atoms. The molecule has 4 heterocycles. The fourth-order valence-corrected chi connectivity index (χ4v) is 3.72. The number of nitrogens with two attached hydrogens (primary N) is 1. The normalized spacial score (nSPS) is 11.4. The minimum Gasteiger partial charge on any atom is -0.368 e. The summed E-state index contributed by atoms with van der Waals surface area (Å²) in [7, 11) is 0. The first-order valence-electron chi connectivity index (χ1n) is 9.92. The van der Waals surface area contributed by atoms with Crippen molar-refractivity contribution >= 4 is 39.7 Å². The van der Waals surface area contributed by atoms with Gasteiger partial charge in [-0.15, -0.1) is 0 Å². The summed E-state index contributed by atoms with van der Waals surface area (Å²) in [5, 5.41) is 8.33. The Hall–Kier alpha value is -4.21. The van der Waals surface area contributed by atoms with Crippen molar-refractivity contribution in [2.24, 2.45) is 0 Å². The van der Waals surface area contributed by atoms with E-state index < -0.39 is 0 Å². The SMILES string of the molecule is CCn1nc(C)cc1NC(=O)Cn1cnc2c(-n3ccc4ccccc43)nc(N)nc21. The monoisotopic (exact) mass is 415 g/mol. The predicted molar refractivity (Wildman–Crippen MR) is 118 cm³/mol. The summed E-state index contributed by atoms with van der Waals surface area (Å²) >= 11 is 0. The van der Waals surface area contributed by atoms with Crippen LogP contribution in [-0.2, 0) is 17.9 Å². The van der Waals surface area contributed by atoms with Gasteiger partial charge in [0.05, 0.1) is 17.5 Å². The van der Waals surface area contributed by atoms with E-state index in [0.29, 0.717) is 29.3 Å². The van der Waals surface area contributed by atoms with E-state index in [1.54, 1.807) is 15.6 Å². The van der Waals surface area contributed by atoms with Gasteiger partial charge in [-0.3, -0.25) is 9.36 Å². The Balaban J connectivity index is 1.51. The van der Waals surface area contributed by atoms with Crippen molar-refractivity contribution in [2.75, 3.05) is 11.1 Å². The number of aromatic nitrogens is 7. The van der Waals surface area contributed by atoms with Gasteiger partial charge in [0, 0.05) is 18.8 Å². The van der Waals surface area contributed by atoms with Crippen molar-refractivity contribution in [3.8, 4) is 5.82 Å². The number of anilines is 2. The summed E-state index contributed by atoms with van der Waals surface area (Å²) < 4.78 is 5.34. The number of hydrogen-bond acceptors (Lipinski definition) is 6. The Labute approximate surface area is 177 Å². The van der Waals surface area contributed by atoms with Crippen LogP contribution in [0.1, 0.15) is 12.6 Å². The molecule has 0 spiro atoms. The maximum absolute atomic E-state index is 12.7. The molecule has 156 valence electrons. The van der Waals surface area contributed by atoms with Gasteiger partial charge in [0.25, 0.3) is 0 Å². The number of benzene rings is 1. The molecular weight excluding hydrogens is 394 g/mol. The van der Waals surface area contributed by atoms with Crippen LogP contribution in [0.2, 0.25) is 0 Å². The Morgan fingerprint density at radius 1 is 1.19 bits per heavy atom. The van der Waals surface area contributed by atoms with Crippen molar-refractivity contribution in [1.82, 2.24) is 33.9 Å². The summed E-state index contributed by atoms with van der Waals surface area (Å²) in [4.78, 5) is 25.9. The number of rotatable bonds is 5. The molecule has 1 aromatic carbocycles. The number of para-hydroxylation sites is 1. The van der Waals surface area contributed by atoms with Gasteiger partial charge in [0.2, 0.25) is 11.9 Å². The molecule has 3 N–H and O–H groups in total. The Kier molecular flexibility index (Phi) is 4.39. The van der Waals surface area contributed by atoms with Gasteiger partial charge in [-0.05, 0) is 31.4 Å². The molecule has 5 rings (SSSR count). The molecular formula is C21H21N9O. The van der Waals surface area contributed by atoms with Crippen molar-refractivity contribution in [2.45, 2.75) is 26.9 Å². The van der Waals surface area contributed by atoms with E-state index in [2.05, 4.69) is 25.4 Å². The first-order valence-corrected chi connectivity index (χ1v) is 9.92. The molecule has 1 amide bonds. The number of carbonyl (C=O) groups is 1. The molecule has 0 radical (unpaired) electrons. The highest BCUT2D eigenvalue weighted by molar-refractivity contribution is 5.91. The lowest BCUT2D eigenvalue weighted by Gasteiger charge is -2.09. The molecule has 10 nitrogen and oxygen atoms in total. The first kappa shape index (κ1) is 18.8. The van der Waals surface area contributed by atoms with Gasteiger partial charge in [-0.2, -0.15) is 15.1 Å². The first-order chi connectivity index (χ1) is 15.0. The van der Waals surface area contributed by atoms with E-state index in [1.807, 2.05) is 61.0 Å². The van der Waals surface area contributed by atoms with Crippen LogP contribution in [0, 0.1) is 6.92 Å². The molecule has 0 aliphatic carbocycles. The molecule has 5 aromatic rings. The number of fused-ring (bicyclic) bond motifs is 2. The number of carbonyl (C=O) groups excluding carboxylic acids is 1. The van der Waals surface area contributed by atoms with Crippen LogP contribution in [0.4, 0.5) is 11.8 Å². The average molecular weight is 415 g/mol. The maximum Gasteiger partial charge on any atom is 0.245 e. The smallest absolute Gasteiger partial charge is 0.245 e. The van der Waals surface area contributed by atoms with E-state index in [0.717, 1.165) is 16.6 Å². The molecule has 31 heavy (non-hydrogen) atoms. The summed E-state index contributed by atoms with van der Waals surface area (Å²) in [5.74, 6) is 1.13. The lowest BCUT2D eigenvalue weighted by atomic mass is 10.2. The van der Waals surface area contributed by atoms with Crippen LogP contribution in [0.3, 0.4) is 0 Å². The molecule has 0 atom stereocenters. The number of nitrogen functional groups attached to an aromatic ring is 1. The highest BCUT2D eigenvalue weighted by Gasteiger charge is 2.17. The average Bonchev–Trinajstić information content (AvgIpc) is 3.44. The van der Waals surface area contributed by atoms with E-state index in [4.69, 9.17) is 5.73 Å². The summed E-state index contributed by atoms with van der Waals surface area (Å²) in [5.41, 5.74) is 8.90. The molecule has 0 aliphatic rings. The predicted octanol–water partition coefficient (Wildman–Crippen LogP) is 2.52. The third kappa shape index (κ3) is 3.27. The lowest BCUT2D eigenvalue weighted by Crippen LogP contribution is -2.20. The highest BCUT2D eigenvalue weighted by atomic mass is 16.2. The Morgan fingerprint density at radius 3 is 2.87 bits per heavy atom. The number of nitrogens with zero attached hydrogens (tertiary/aromatic N) is 7. The fourth-order valence-electron chi connectivity index (χ4n) is 3.72. The maximum atomic E-state index is 12.7. The molecule has 0 saturated carbocycles. The number of nitrogens with one attached hydrogen (secondary N) is 1.